The van der Waals surface area contributed by atoms with Gasteiger partial charge in [0, 0.05) is 6.04 Å². The van der Waals surface area contributed by atoms with Gasteiger partial charge in [-0.05, 0) is 40.3 Å². The number of aryl methyl sites for hydroxylation is 1. The van der Waals surface area contributed by atoms with E-state index < -0.39 is 0 Å². The molecule has 2 heterocycles. The zero-order valence-corrected chi connectivity index (χ0v) is 9.82. The Morgan fingerprint density at radius 1 is 1.47 bits per heavy atom. The Bertz CT molecular complexity index is 356. The molecular formula is C11H20N4. The normalized spacial score (nSPS) is 22.5. The fourth-order valence-electron chi connectivity index (χ4n) is 2.30. The summed E-state index contributed by atoms with van der Waals surface area (Å²) >= 11 is 0. The maximum atomic E-state index is 5.91. The van der Waals surface area contributed by atoms with Crippen LogP contribution in [0.2, 0.25) is 0 Å². The van der Waals surface area contributed by atoms with Crippen molar-refractivity contribution in [3.8, 4) is 0 Å². The minimum absolute atomic E-state index is 0.627. The van der Waals surface area contributed by atoms with Crippen LogP contribution in [0, 0.1) is 13.8 Å². The molecule has 1 aromatic rings. The molecular weight excluding hydrogens is 188 g/mol. The molecule has 0 aliphatic carbocycles. The fourth-order valence-corrected chi connectivity index (χ4v) is 2.30. The first-order chi connectivity index (χ1) is 7.09. The summed E-state index contributed by atoms with van der Waals surface area (Å²) in [5, 5.41) is 4.47. The van der Waals surface area contributed by atoms with Crippen molar-refractivity contribution in [2.45, 2.75) is 39.3 Å². The van der Waals surface area contributed by atoms with Crippen LogP contribution in [0.3, 0.4) is 0 Å². The number of likely N-dealkylation sites (tertiary alicyclic amines) is 1. The lowest BCUT2D eigenvalue weighted by Gasteiger charge is -2.19. The average molecular weight is 208 g/mol. The molecule has 84 valence electrons. The monoisotopic (exact) mass is 208 g/mol. The Morgan fingerprint density at radius 2 is 2.20 bits per heavy atom. The smallest absolute Gasteiger partial charge is 0.0825 e. The van der Waals surface area contributed by atoms with E-state index in [1.165, 1.54) is 19.4 Å². The number of nitrogens with zero attached hydrogens (tertiary/aromatic N) is 3. The van der Waals surface area contributed by atoms with E-state index in [1.807, 2.05) is 13.8 Å². The van der Waals surface area contributed by atoms with Crippen molar-refractivity contribution < 1.29 is 0 Å². The topological polar surface area (TPSA) is 47.1 Å². The number of nitrogens with two attached hydrogens (primary N) is 1. The molecule has 1 aliphatic heterocycles. The van der Waals surface area contributed by atoms with Crippen molar-refractivity contribution in [3.63, 3.8) is 0 Å². The van der Waals surface area contributed by atoms with E-state index in [2.05, 4.69) is 21.7 Å². The molecule has 0 bridgehead atoms. The summed E-state index contributed by atoms with van der Waals surface area (Å²) in [7, 11) is 2.19. The first-order valence-electron chi connectivity index (χ1n) is 5.59. The predicted molar refractivity (Wildman–Crippen MR) is 61.8 cm³/mol. The highest BCUT2D eigenvalue weighted by molar-refractivity contribution is 5.46. The number of nitrogen functional groups attached to an aromatic ring is 1. The van der Waals surface area contributed by atoms with Crippen LogP contribution in [0.5, 0.6) is 0 Å². The van der Waals surface area contributed by atoms with Crippen molar-refractivity contribution >= 4 is 5.69 Å². The Kier molecular flexibility index (Phi) is 2.69. The third-order valence-corrected chi connectivity index (χ3v) is 3.49. The fraction of sp³-hybridized carbons (Fsp3) is 0.727. The van der Waals surface area contributed by atoms with Gasteiger partial charge in [-0.3, -0.25) is 4.68 Å². The highest BCUT2D eigenvalue weighted by atomic mass is 15.3. The third-order valence-electron chi connectivity index (χ3n) is 3.49. The maximum absolute atomic E-state index is 5.91. The largest absolute Gasteiger partial charge is 0.396 e. The molecule has 1 aromatic heterocycles. The van der Waals surface area contributed by atoms with Crippen LogP contribution in [0.25, 0.3) is 0 Å². The molecule has 0 radical (unpaired) electrons. The molecule has 2 rings (SSSR count). The second-order valence-electron chi connectivity index (χ2n) is 4.54. The Morgan fingerprint density at radius 3 is 2.67 bits per heavy atom. The molecule has 1 aliphatic rings. The van der Waals surface area contributed by atoms with Crippen molar-refractivity contribution in [1.82, 2.24) is 14.7 Å². The number of rotatable bonds is 2. The van der Waals surface area contributed by atoms with Crippen LogP contribution in [0.15, 0.2) is 0 Å². The number of likely N-dealkylation sites (N-methyl/N-ethyl adjacent to an activating group) is 1. The van der Waals surface area contributed by atoms with Crippen LogP contribution in [0.4, 0.5) is 5.69 Å². The summed E-state index contributed by atoms with van der Waals surface area (Å²) < 4.78 is 2.05. The van der Waals surface area contributed by atoms with E-state index in [1.54, 1.807) is 0 Å². The number of hydrogen-bond acceptors (Lipinski definition) is 3. The minimum Gasteiger partial charge on any atom is -0.396 e. The molecule has 0 aromatic carbocycles. The molecule has 1 atom stereocenters. The first kappa shape index (κ1) is 10.5. The lowest BCUT2D eigenvalue weighted by molar-refractivity contribution is 0.272. The molecule has 15 heavy (non-hydrogen) atoms. The first-order valence-corrected chi connectivity index (χ1v) is 5.59. The summed E-state index contributed by atoms with van der Waals surface area (Å²) in [6, 6.07) is 0.627. The summed E-state index contributed by atoms with van der Waals surface area (Å²) in [6.07, 6.45) is 2.57. The molecule has 0 saturated carbocycles. The van der Waals surface area contributed by atoms with Crippen molar-refractivity contribution in [2.75, 3.05) is 19.3 Å². The maximum Gasteiger partial charge on any atom is 0.0825 e. The molecule has 4 heteroatoms. The summed E-state index contributed by atoms with van der Waals surface area (Å²) in [5.74, 6) is 0. The second kappa shape index (κ2) is 3.85. The Labute approximate surface area is 91.1 Å². The van der Waals surface area contributed by atoms with Gasteiger partial charge in [-0.1, -0.05) is 0 Å². The van der Waals surface area contributed by atoms with Crippen molar-refractivity contribution in [1.29, 1.82) is 0 Å². The zero-order chi connectivity index (χ0) is 11.0. The van der Waals surface area contributed by atoms with E-state index in [-0.39, 0.29) is 0 Å². The van der Waals surface area contributed by atoms with Crippen LogP contribution in [0.1, 0.15) is 24.2 Å². The van der Waals surface area contributed by atoms with Gasteiger partial charge in [-0.2, -0.15) is 5.10 Å². The zero-order valence-electron chi connectivity index (χ0n) is 9.82. The van der Waals surface area contributed by atoms with E-state index >= 15 is 0 Å². The lowest BCUT2D eigenvalue weighted by Crippen LogP contribution is -2.30. The third kappa shape index (κ3) is 1.86. The average Bonchev–Trinajstić information content (AvgIpc) is 2.69. The molecule has 0 spiro atoms. The van der Waals surface area contributed by atoms with Gasteiger partial charge in [0.25, 0.3) is 0 Å². The standard InChI is InChI=1S/C11H20N4/c1-8-11(12)9(2)15(13-8)7-10-5-4-6-14(10)3/h10H,4-7,12H2,1-3H3. The lowest BCUT2D eigenvalue weighted by atomic mass is 10.2. The van der Waals surface area contributed by atoms with E-state index in [9.17, 15) is 0 Å². The van der Waals surface area contributed by atoms with Gasteiger partial charge < -0.3 is 10.6 Å². The second-order valence-corrected chi connectivity index (χ2v) is 4.54. The van der Waals surface area contributed by atoms with Crippen LogP contribution in [-0.4, -0.2) is 34.3 Å². The highest BCUT2D eigenvalue weighted by Gasteiger charge is 2.22. The van der Waals surface area contributed by atoms with Gasteiger partial charge in [0.2, 0.25) is 0 Å². The summed E-state index contributed by atoms with van der Waals surface area (Å²) in [5.41, 5.74) is 8.81. The predicted octanol–water partition coefficient (Wildman–Crippen LogP) is 1.18. The van der Waals surface area contributed by atoms with Gasteiger partial charge in [0.15, 0.2) is 0 Å². The molecule has 0 amide bonds. The van der Waals surface area contributed by atoms with Gasteiger partial charge >= 0.3 is 0 Å². The molecule has 1 saturated heterocycles. The molecule has 4 nitrogen and oxygen atoms in total. The Hall–Kier alpha value is -1.03. The van der Waals surface area contributed by atoms with Gasteiger partial charge in [-0.15, -0.1) is 0 Å². The van der Waals surface area contributed by atoms with Crippen LogP contribution in [-0.2, 0) is 6.54 Å². The molecule has 1 unspecified atom stereocenters. The molecule has 1 fully saturated rings. The highest BCUT2D eigenvalue weighted by Crippen LogP contribution is 2.20. The summed E-state index contributed by atoms with van der Waals surface area (Å²) in [4.78, 5) is 2.41. The SMILES string of the molecule is Cc1nn(CC2CCCN2C)c(C)c1N. The van der Waals surface area contributed by atoms with E-state index in [0.717, 1.165) is 23.6 Å². The molecule has 2 N–H and O–H groups in total. The summed E-state index contributed by atoms with van der Waals surface area (Å²) in [6.45, 7) is 6.20. The van der Waals surface area contributed by atoms with E-state index in [4.69, 9.17) is 5.73 Å². The Balaban J connectivity index is 2.13. The van der Waals surface area contributed by atoms with Crippen molar-refractivity contribution in [2.24, 2.45) is 0 Å². The van der Waals surface area contributed by atoms with Gasteiger partial charge in [0.05, 0.1) is 23.6 Å². The number of anilines is 1. The van der Waals surface area contributed by atoms with Crippen LogP contribution < -0.4 is 5.73 Å². The van der Waals surface area contributed by atoms with Gasteiger partial charge in [-0.25, -0.2) is 0 Å². The van der Waals surface area contributed by atoms with Crippen molar-refractivity contribution in [3.05, 3.63) is 11.4 Å². The van der Waals surface area contributed by atoms with E-state index in [0.29, 0.717) is 6.04 Å². The quantitative estimate of drug-likeness (QED) is 0.794. The van der Waals surface area contributed by atoms with Crippen LogP contribution >= 0.6 is 0 Å². The van der Waals surface area contributed by atoms with Gasteiger partial charge in [0.1, 0.15) is 0 Å². The number of hydrogen-bond donors (Lipinski definition) is 1. The minimum atomic E-state index is 0.627. The number of aromatic nitrogens is 2.